The number of aryl methyl sites for hydroxylation is 1. The summed E-state index contributed by atoms with van der Waals surface area (Å²) in [7, 11) is 0. The van der Waals surface area contributed by atoms with Crippen molar-refractivity contribution in [1.29, 1.82) is 0 Å². The van der Waals surface area contributed by atoms with E-state index in [0.29, 0.717) is 5.69 Å². The molecule has 0 saturated heterocycles. The number of carbonyl (C=O) groups excluding carboxylic acids is 1. The second-order valence-electron chi connectivity index (χ2n) is 3.16. The smallest absolute Gasteiger partial charge is 0.273 e. The van der Waals surface area contributed by atoms with Crippen molar-refractivity contribution in [2.45, 2.75) is 26.8 Å². The van der Waals surface area contributed by atoms with E-state index in [0.717, 1.165) is 0 Å². The highest BCUT2D eigenvalue weighted by molar-refractivity contribution is 5.95. The third kappa shape index (κ3) is 1.99. The fourth-order valence-electron chi connectivity index (χ4n) is 0.919. The van der Waals surface area contributed by atoms with E-state index in [2.05, 4.69) is 15.5 Å². The van der Waals surface area contributed by atoms with Crippen molar-refractivity contribution in [3.05, 3.63) is 11.4 Å². The molecule has 0 aliphatic carbocycles. The van der Waals surface area contributed by atoms with Crippen LogP contribution in [0.4, 0.5) is 0 Å². The molecule has 1 heterocycles. The average molecular weight is 183 g/mol. The predicted octanol–water partition coefficient (Wildman–Crippen LogP) is 0.562. The quantitative estimate of drug-likeness (QED) is 0.627. The Kier molecular flexibility index (Phi) is 2.55. The van der Waals surface area contributed by atoms with Crippen LogP contribution in [-0.4, -0.2) is 27.3 Å². The van der Waals surface area contributed by atoms with Crippen LogP contribution in [0.1, 0.15) is 30.0 Å². The lowest BCUT2D eigenvalue weighted by molar-refractivity contribution is 0.0935. The van der Waals surface area contributed by atoms with E-state index in [4.69, 9.17) is 0 Å². The summed E-state index contributed by atoms with van der Waals surface area (Å²) in [6.07, 6.45) is 0. The van der Waals surface area contributed by atoms with E-state index >= 15 is 0 Å². The maximum Gasteiger partial charge on any atom is 0.273 e. The maximum atomic E-state index is 11.3. The number of aromatic hydroxyl groups is 1. The Morgan fingerprint density at radius 3 is 2.62 bits per heavy atom. The summed E-state index contributed by atoms with van der Waals surface area (Å²) in [5, 5.41) is 18.2. The Hall–Kier alpha value is -1.52. The number of H-pyrrole nitrogens is 1. The average Bonchev–Trinajstić information content (AvgIpc) is 2.31. The zero-order valence-electron chi connectivity index (χ0n) is 7.88. The molecule has 5 heteroatoms. The van der Waals surface area contributed by atoms with Crippen molar-refractivity contribution in [3.8, 4) is 5.75 Å². The molecule has 72 valence electrons. The van der Waals surface area contributed by atoms with Gasteiger partial charge in [-0.2, -0.15) is 5.10 Å². The van der Waals surface area contributed by atoms with Crippen LogP contribution in [0.5, 0.6) is 5.75 Å². The van der Waals surface area contributed by atoms with Crippen molar-refractivity contribution in [2.24, 2.45) is 0 Å². The number of aromatic nitrogens is 2. The Bertz CT molecular complexity index is 317. The molecule has 13 heavy (non-hydrogen) atoms. The van der Waals surface area contributed by atoms with Gasteiger partial charge in [-0.1, -0.05) is 0 Å². The number of aromatic amines is 1. The van der Waals surface area contributed by atoms with Crippen molar-refractivity contribution in [1.82, 2.24) is 15.5 Å². The molecular weight excluding hydrogens is 170 g/mol. The summed E-state index contributed by atoms with van der Waals surface area (Å²) in [5.74, 6) is -0.425. The molecule has 0 aliphatic rings. The Morgan fingerprint density at radius 1 is 1.62 bits per heavy atom. The first-order valence-electron chi connectivity index (χ1n) is 4.07. The van der Waals surface area contributed by atoms with E-state index in [9.17, 15) is 9.90 Å². The molecule has 0 bridgehead atoms. The van der Waals surface area contributed by atoms with Gasteiger partial charge in [-0.25, -0.2) is 0 Å². The molecule has 0 fully saturated rings. The molecule has 3 N–H and O–H groups in total. The number of nitrogens with one attached hydrogen (secondary N) is 2. The van der Waals surface area contributed by atoms with E-state index in [-0.39, 0.29) is 23.4 Å². The number of hydrogen-bond donors (Lipinski definition) is 3. The van der Waals surface area contributed by atoms with Crippen molar-refractivity contribution in [2.75, 3.05) is 0 Å². The minimum atomic E-state index is -0.340. The molecule has 0 aliphatic heterocycles. The minimum Gasteiger partial charge on any atom is -0.504 e. The summed E-state index contributed by atoms with van der Waals surface area (Å²) in [6.45, 7) is 5.31. The van der Waals surface area contributed by atoms with E-state index in [1.807, 2.05) is 13.8 Å². The van der Waals surface area contributed by atoms with E-state index in [1.165, 1.54) is 0 Å². The highest BCUT2D eigenvalue weighted by Crippen LogP contribution is 2.17. The van der Waals surface area contributed by atoms with Crippen LogP contribution < -0.4 is 5.32 Å². The first-order chi connectivity index (χ1) is 6.02. The third-order valence-corrected chi connectivity index (χ3v) is 1.56. The van der Waals surface area contributed by atoms with Crippen LogP contribution in [0.15, 0.2) is 0 Å². The molecule has 1 rings (SSSR count). The molecule has 1 amide bonds. The first-order valence-corrected chi connectivity index (χ1v) is 4.07. The lowest BCUT2D eigenvalue weighted by atomic mass is 10.3. The zero-order valence-corrected chi connectivity index (χ0v) is 7.88. The van der Waals surface area contributed by atoms with Gasteiger partial charge in [-0.15, -0.1) is 0 Å². The standard InChI is InChI=1S/C8H13N3O2/c1-4(2)9-8(13)6-7(12)5(3)10-11-6/h4,12H,1-3H3,(H,9,13)(H,10,11). The van der Waals surface area contributed by atoms with Gasteiger partial charge in [0, 0.05) is 6.04 Å². The van der Waals surface area contributed by atoms with Gasteiger partial charge in [0.25, 0.3) is 5.91 Å². The molecule has 0 saturated carbocycles. The summed E-state index contributed by atoms with van der Waals surface area (Å²) in [6, 6.07) is 0.0375. The van der Waals surface area contributed by atoms with Crippen molar-refractivity contribution in [3.63, 3.8) is 0 Å². The van der Waals surface area contributed by atoms with Gasteiger partial charge in [-0.05, 0) is 20.8 Å². The molecule has 0 atom stereocenters. The maximum absolute atomic E-state index is 11.3. The normalized spacial score (nSPS) is 10.5. The summed E-state index contributed by atoms with van der Waals surface area (Å²) in [5.41, 5.74) is 0.542. The second kappa shape index (κ2) is 3.47. The van der Waals surface area contributed by atoms with Crippen LogP contribution in [0.25, 0.3) is 0 Å². The summed E-state index contributed by atoms with van der Waals surface area (Å²) >= 11 is 0. The Morgan fingerprint density at radius 2 is 2.23 bits per heavy atom. The molecule has 0 unspecified atom stereocenters. The van der Waals surface area contributed by atoms with Gasteiger partial charge in [-0.3, -0.25) is 9.89 Å². The predicted molar refractivity (Wildman–Crippen MR) is 47.6 cm³/mol. The number of rotatable bonds is 2. The van der Waals surface area contributed by atoms with Gasteiger partial charge in [0.2, 0.25) is 0 Å². The highest BCUT2D eigenvalue weighted by Gasteiger charge is 2.16. The number of carbonyl (C=O) groups is 1. The van der Waals surface area contributed by atoms with Crippen molar-refractivity contribution >= 4 is 5.91 Å². The third-order valence-electron chi connectivity index (χ3n) is 1.56. The fourth-order valence-corrected chi connectivity index (χ4v) is 0.919. The second-order valence-corrected chi connectivity index (χ2v) is 3.16. The molecule has 0 aromatic carbocycles. The van der Waals surface area contributed by atoms with Crippen LogP contribution in [0, 0.1) is 6.92 Å². The first kappa shape index (κ1) is 9.57. The molecule has 5 nitrogen and oxygen atoms in total. The molecular formula is C8H13N3O2. The van der Waals surface area contributed by atoms with E-state index in [1.54, 1.807) is 6.92 Å². The van der Waals surface area contributed by atoms with E-state index < -0.39 is 0 Å². The number of amides is 1. The highest BCUT2D eigenvalue weighted by atomic mass is 16.3. The largest absolute Gasteiger partial charge is 0.504 e. The van der Waals surface area contributed by atoms with Crippen LogP contribution in [-0.2, 0) is 0 Å². The van der Waals surface area contributed by atoms with Crippen LogP contribution >= 0.6 is 0 Å². The zero-order chi connectivity index (χ0) is 10.0. The fraction of sp³-hybridized carbons (Fsp3) is 0.500. The van der Waals surface area contributed by atoms with Gasteiger partial charge in [0.15, 0.2) is 11.4 Å². The lowest BCUT2D eigenvalue weighted by Gasteiger charge is -2.06. The monoisotopic (exact) mass is 183 g/mol. The number of nitrogens with zero attached hydrogens (tertiary/aromatic N) is 1. The van der Waals surface area contributed by atoms with Crippen molar-refractivity contribution < 1.29 is 9.90 Å². The van der Waals surface area contributed by atoms with Crippen LogP contribution in [0.3, 0.4) is 0 Å². The Balaban J connectivity index is 2.83. The molecule has 1 aromatic heterocycles. The van der Waals surface area contributed by atoms with Gasteiger partial charge >= 0.3 is 0 Å². The minimum absolute atomic E-state index is 0.0375. The van der Waals surface area contributed by atoms with Crippen LogP contribution in [0.2, 0.25) is 0 Å². The lowest BCUT2D eigenvalue weighted by Crippen LogP contribution is -2.30. The molecule has 0 spiro atoms. The van der Waals surface area contributed by atoms with Gasteiger partial charge in [0.05, 0.1) is 0 Å². The SMILES string of the molecule is Cc1n[nH]c(C(=O)NC(C)C)c1O. The molecule has 1 aromatic rings. The Labute approximate surface area is 76.2 Å². The topological polar surface area (TPSA) is 78.0 Å². The summed E-state index contributed by atoms with van der Waals surface area (Å²) < 4.78 is 0. The van der Waals surface area contributed by atoms with Gasteiger partial charge < -0.3 is 10.4 Å². The number of hydrogen-bond acceptors (Lipinski definition) is 3. The molecule has 0 radical (unpaired) electrons. The van der Waals surface area contributed by atoms with Gasteiger partial charge in [0.1, 0.15) is 5.69 Å². The summed E-state index contributed by atoms with van der Waals surface area (Å²) in [4.78, 5) is 11.3.